The zero-order chi connectivity index (χ0) is 15.4. The Morgan fingerprint density at radius 1 is 1.14 bits per heavy atom. The smallest absolute Gasteiger partial charge is 0.253 e. The molecule has 1 aromatic rings. The average Bonchev–Trinajstić information content (AvgIpc) is 2.47. The van der Waals surface area contributed by atoms with E-state index in [0.717, 1.165) is 4.47 Å². The van der Waals surface area contributed by atoms with Crippen LogP contribution in [0.2, 0.25) is 0 Å². The van der Waals surface area contributed by atoms with Gasteiger partial charge in [-0.25, -0.2) is 0 Å². The van der Waals surface area contributed by atoms with E-state index in [4.69, 9.17) is 5.73 Å². The molecule has 1 heterocycles. The van der Waals surface area contributed by atoms with Crippen LogP contribution in [0.15, 0.2) is 28.7 Å². The lowest BCUT2D eigenvalue weighted by molar-refractivity contribution is -0.132. The Morgan fingerprint density at radius 3 is 2.14 bits per heavy atom. The van der Waals surface area contributed by atoms with E-state index < -0.39 is 0 Å². The molecule has 0 aliphatic carbocycles. The maximum absolute atomic E-state index is 12.4. The summed E-state index contributed by atoms with van der Waals surface area (Å²) in [6.45, 7) is 4.12. The predicted octanol–water partition coefficient (Wildman–Crippen LogP) is 1.89. The van der Waals surface area contributed by atoms with Crippen molar-refractivity contribution in [3.63, 3.8) is 0 Å². The van der Waals surface area contributed by atoms with Crippen LogP contribution in [0.1, 0.15) is 23.7 Å². The van der Waals surface area contributed by atoms with Gasteiger partial charge >= 0.3 is 0 Å². The lowest BCUT2D eigenvalue weighted by Gasteiger charge is -2.35. The largest absolute Gasteiger partial charge is 0.339 e. The quantitative estimate of drug-likeness (QED) is 0.857. The van der Waals surface area contributed by atoms with E-state index in [2.05, 4.69) is 15.9 Å². The number of hydrogen-bond acceptors (Lipinski definition) is 3. The fraction of sp³-hybridized carbons (Fsp3) is 0.467. The van der Waals surface area contributed by atoms with Gasteiger partial charge in [-0.05, 0) is 31.2 Å². The van der Waals surface area contributed by atoms with Crippen molar-refractivity contribution in [2.45, 2.75) is 19.4 Å². The van der Waals surface area contributed by atoms with Crippen LogP contribution in [-0.4, -0.2) is 53.8 Å². The number of halogens is 2. The topological polar surface area (TPSA) is 66.6 Å². The summed E-state index contributed by atoms with van der Waals surface area (Å²) in [4.78, 5) is 27.9. The second kappa shape index (κ2) is 8.50. The predicted molar refractivity (Wildman–Crippen MR) is 92.1 cm³/mol. The van der Waals surface area contributed by atoms with Gasteiger partial charge in [0.2, 0.25) is 5.91 Å². The second-order valence-electron chi connectivity index (χ2n) is 5.36. The van der Waals surface area contributed by atoms with E-state index >= 15 is 0 Å². The second-order valence-corrected chi connectivity index (χ2v) is 6.28. The van der Waals surface area contributed by atoms with Gasteiger partial charge in [0.25, 0.3) is 5.91 Å². The first kappa shape index (κ1) is 18.9. The van der Waals surface area contributed by atoms with Crippen molar-refractivity contribution in [2.75, 3.05) is 26.2 Å². The minimum Gasteiger partial charge on any atom is -0.339 e. The monoisotopic (exact) mass is 389 g/mol. The number of carbonyl (C=O) groups excluding carboxylic acids is 2. The van der Waals surface area contributed by atoms with Crippen LogP contribution in [-0.2, 0) is 4.79 Å². The molecule has 2 amide bonds. The highest BCUT2D eigenvalue weighted by atomic mass is 79.9. The number of nitrogens with zero attached hydrogens (tertiary/aromatic N) is 2. The fourth-order valence-corrected chi connectivity index (χ4v) is 2.60. The summed E-state index contributed by atoms with van der Waals surface area (Å²) in [5.41, 5.74) is 6.32. The van der Waals surface area contributed by atoms with E-state index in [1.165, 1.54) is 0 Å². The highest BCUT2D eigenvalue weighted by Crippen LogP contribution is 2.14. The van der Waals surface area contributed by atoms with Gasteiger partial charge in [-0.1, -0.05) is 15.9 Å². The normalized spacial score (nSPS) is 16.0. The Bertz CT molecular complexity index is 514. The van der Waals surface area contributed by atoms with E-state index in [0.29, 0.717) is 38.2 Å². The molecular formula is C15H21BrClN3O2. The minimum atomic E-state index is -0.125. The fourth-order valence-electron chi connectivity index (χ4n) is 2.34. The number of carbonyl (C=O) groups is 2. The molecule has 2 N–H and O–H groups in total. The zero-order valence-electron chi connectivity index (χ0n) is 12.5. The Morgan fingerprint density at radius 2 is 1.64 bits per heavy atom. The summed E-state index contributed by atoms with van der Waals surface area (Å²) in [5, 5.41) is 0. The third kappa shape index (κ3) is 4.97. The molecule has 2 rings (SSSR count). The molecule has 1 aromatic carbocycles. The lowest BCUT2D eigenvalue weighted by atomic mass is 10.1. The number of rotatable bonds is 3. The summed E-state index contributed by atoms with van der Waals surface area (Å²) in [6.07, 6.45) is 0.362. The van der Waals surface area contributed by atoms with Crippen molar-refractivity contribution in [3.05, 3.63) is 34.3 Å². The molecule has 0 bridgehead atoms. The first-order valence-corrected chi connectivity index (χ1v) is 7.85. The molecule has 1 aliphatic heterocycles. The molecule has 1 saturated heterocycles. The molecule has 1 aliphatic rings. The van der Waals surface area contributed by atoms with Crippen molar-refractivity contribution >= 4 is 40.2 Å². The third-order valence-electron chi connectivity index (χ3n) is 3.51. The van der Waals surface area contributed by atoms with Crippen LogP contribution in [0.25, 0.3) is 0 Å². The van der Waals surface area contributed by atoms with Gasteiger partial charge in [-0.15, -0.1) is 12.4 Å². The minimum absolute atomic E-state index is 0. The maximum Gasteiger partial charge on any atom is 0.253 e. The van der Waals surface area contributed by atoms with Crippen LogP contribution < -0.4 is 5.73 Å². The summed E-state index contributed by atoms with van der Waals surface area (Å²) < 4.78 is 0.949. The molecule has 122 valence electrons. The van der Waals surface area contributed by atoms with Crippen molar-refractivity contribution < 1.29 is 9.59 Å². The first-order valence-electron chi connectivity index (χ1n) is 7.05. The van der Waals surface area contributed by atoms with Gasteiger partial charge in [0, 0.05) is 48.7 Å². The number of piperazine rings is 1. The summed E-state index contributed by atoms with van der Waals surface area (Å²) in [7, 11) is 0. The van der Waals surface area contributed by atoms with Crippen molar-refractivity contribution in [2.24, 2.45) is 5.73 Å². The van der Waals surface area contributed by atoms with E-state index in [1.807, 2.05) is 19.1 Å². The molecule has 0 spiro atoms. The molecule has 0 aromatic heterocycles. The van der Waals surface area contributed by atoms with Crippen LogP contribution >= 0.6 is 28.3 Å². The third-order valence-corrected chi connectivity index (χ3v) is 4.04. The van der Waals surface area contributed by atoms with Crippen LogP contribution in [0.4, 0.5) is 0 Å². The highest BCUT2D eigenvalue weighted by molar-refractivity contribution is 9.10. The standard InChI is InChI=1S/C15H20BrN3O2.ClH/c1-11(17)10-14(20)18-6-8-19(9-7-18)15(21)12-2-4-13(16)5-3-12;/h2-5,11H,6-10,17H2,1H3;1H. The molecule has 1 atom stereocenters. The van der Waals surface area contributed by atoms with E-state index in [-0.39, 0.29) is 30.3 Å². The summed E-state index contributed by atoms with van der Waals surface area (Å²) in [5.74, 6) is 0.0857. The van der Waals surface area contributed by atoms with E-state index in [9.17, 15) is 9.59 Å². The summed E-state index contributed by atoms with van der Waals surface area (Å²) in [6, 6.07) is 7.20. The average molecular weight is 391 g/mol. The van der Waals surface area contributed by atoms with E-state index in [1.54, 1.807) is 21.9 Å². The van der Waals surface area contributed by atoms with Gasteiger partial charge in [-0.2, -0.15) is 0 Å². The Labute approximate surface area is 145 Å². The van der Waals surface area contributed by atoms with Gasteiger partial charge < -0.3 is 15.5 Å². The molecule has 7 heteroatoms. The molecule has 1 unspecified atom stereocenters. The highest BCUT2D eigenvalue weighted by Gasteiger charge is 2.24. The van der Waals surface area contributed by atoms with Gasteiger partial charge in [0.15, 0.2) is 0 Å². The van der Waals surface area contributed by atoms with Crippen molar-refractivity contribution in [1.29, 1.82) is 0 Å². The Kier molecular flexibility index (Phi) is 7.32. The molecule has 0 radical (unpaired) electrons. The Hall–Kier alpha value is -1.11. The molecule has 5 nitrogen and oxygen atoms in total. The number of hydrogen-bond donors (Lipinski definition) is 1. The molecule has 22 heavy (non-hydrogen) atoms. The summed E-state index contributed by atoms with van der Waals surface area (Å²) >= 11 is 3.35. The lowest BCUT2D eigenvalue weighted by Crippen LogP contribution is -2.51. The SMILES string of the molecule is CC(N)CC(=O)N1CCN(C(=O)c2ccc(Br)cc2)CC1.Cl. The number of benzene rings is 1. The molecule has 0 saturated carbocycles. The number of nitrogens with two attached hydrogens (primary N) is 1. The first-order chi connectivity index (χ1) is 9.97. The van der Waals surface area contributed by atoms with Crippen molar-refractivity contribution in [1.82, 2.24) is 9.80 Å². The van der Waals surface area contributed by atoms with Crippen LogP contribution in [0.3, 0.4) is 0 Å². The zero-order valence-corrected chi connectivity index (χ0v) is 14.9. The van der Waals surface area contributed by atoms with Crippen LogP contribution in [0, 0.1) is 0 Å². The van der Waals surface area contributed by atoms with Crippen LogP contribution in [0.5, 0.6) is 0 Å². The molecular weight excluding hydrogens is 370 g/mol. The molecule has 1 fully saturated rings. The van der Waals surface area contributed by atoms with Gasteiger partial charge in [0.1, 0.15) is 0 Å². The van der Waals surface area contributed by atoms with Gasteiger partial charge in [-0.3, -0.25) is 9.59 Å². The van der Waals surface area contributed by atoms with Crippen molar-refractivity contribution in [3.8, 4) is 0 Å². The number of amides is 2. The maximum atomic E-state index is 12.4. The van der Waals surface area contributed by atoms with Gasteiger partial charge in [0.05, 0.1) is 0 Å². The Balaban J connectivity index is 0.00000242.